The van der Waals surface area contributed by atoms with Crippen LogP contribution < -0.4 is 5.32 Å². The molecule has 0 amide bonds. The van der Waals surface area contributed by atoms with Gasteiger partial charge in [-0.15, -0.1) is 0 Å². The lowest BCUT2D eigenvalue weighted by Crippen LogP contribution is -2.14. The molecule has 4 heteroatoms. The van der Waals surface area contributed by atoms with E-state index in [0.29, 0.717) is 0 Å². The van der Waals surface area contributed by atoms with Crippen LogP contribution >= 0.6 is 15.9 Å². The molecule has 1 aromatic carbocycles. The minimum atomic E-state index is 0.808. The van der Waals surface area contributed by atoms with Crippen LogP contribution in [0.3, 0.4) is 0 Å². The lowest BCUT2D eigenvalue weighted by atomic mass is 10.2. The fourth-order valence-electron chi connectivity index (χ4n) is 1.74. The summed E-state index contributed by atoms with van der Waals surface area (Å²) in [6.07, 6.45) is 3.72. The van der Waals surface area contributed by atoms with Crippen LogP contribution in [0.15, 0.2) is 39.4 Å². The van der Waals surface area contributed by atoms with E-state index in [-0.39, 0.29) is 0 Å². The van der Waals surface area contributed by atoms with E-state index in [4.69, 9.17) is 4.42 Å². The second-order valence-corrected chi connectivity index (χ2v) is 5.00. The quantitative estimate of drug-likeness (QED) is 0.828. The van der Waals surface area contributed by atoms with Gasteiger partial charge in [0.25, 0.3) is 0 Å². The average molecular weight is 309 g/mol. The van der Waals surface area contributed by atoms with E-state index in [1.54, 1.807) is 6.20 Å². The molecule has 0 aliphatic carbocycles. The summed E-state index contributed by atoms with van der Waals surface area (Å²) in [7, 11) is 0. The topological polar surface area (TPSA) is 38.1 Å². The van der Waals surface area contributed by atoms with Gasteiger partial charge in [0, 0.05) is 16.5 Å². The number of aryl methyl sites for hydroxylation is 1. The molecule has 0 saturated carbocycles. The molecular weight excluding hydrogens is 292 g/mol. The fraction of sp³-hybridized carbons (Fsp3) is 0.357. The van der Waals surface area contributed by atoms with E-state index in [1.165, 1.54) is 0 Å². The van der Waals surface area contributed by atoms with Crippen LogP contribution in [0.25, 0.3) is 11.3 Å². The third kappa shape index (κ3) is 3.68. The lowest BCUT2D eigenvalue weighted by Gasteiger charge is -1.99. The molecule has 2 rings (SSSR count). The maximum atomic E-state index is 5.75. The van der Waals surface area contributed by atoms with Crippen molar-refractivity contribution in [3.63, 3.8) is 0 Å². The Hall–Kier alpha value is -1.13. The number of nitrogens with one attached hydrogen (secondary N) is 1. The Morgan fingerprint density at radius 2 is 2.28 bits per heavy atom. The first-order valence-corrected chi connectivity index (χ1v) is 7.00. The maximum Gasteiger partial charge on any atom is 0.194 e. The summed E-state index contributed by atoms with van der Waals surface area (Å²) in [5.74, 6) is 1.64. The van der Waals surface area contributed by atoms with Crippen molar-refractivity contribution in [2.75, 3.05) is 13.1 Å². The molecule has 1 aromatic heterocycles. The molecule has 0 aliphatic rings. The van der Waals surface area contributed by atoms with Gasteiger partial charge in [-0.2, -0.15) is 0 Å². The third-order valence-electron chi connectivity index (χ3n) is 2.66. The van der Waals surface area contributed by atoms with Gasteiger partial charge in [-0.1, -0.05) is 35.0 Å². The van der Waals surface area contributed by atoms with Gasteiger partial charge < -0.3 is 9.73 Å². The van der Waals surface area contributed by atoms with Crippen LogP contribution in [0.4, 0.5) is 0 Å². The first-order valence-electron chi connectivity index (χ1n) is 6.21. The second kappa shape index (κ2) is 6.71. The minimum Gasteiger partial charge on any atom is -0.441 e. The molecule has 0 unspecified atom stereocenters. The molecule has 3 nitrogen and oxygen atoms in total. The summed E-state index contributed by atoms with van der Waals surface area (Å²) in [5.41, 5.74) is 1.05. The van der Waals surface area contributed by atoms with Crippen LogP contribution in [-0.4, -0.2) is 18.1 Å². The number of oxazole rings is 1. The van der Waals surface area contributed by atoms with Crippen molar-refractivity contribution >= 4 is 15.9 Å². The van der Waals surface area contributed by atoms with Gasteiger partial charge in [0.15, 0.2) is 11.7 Å². The number of nitrogens with zero attached hydrogens (tertiary/aromatic N) is 1. The van der Waals surface area contributed by atoms with Crippen molar-refractivity contribution in [1.29, 1.82) is 0 Å². The first kappa shape index (κ1) is 13.3. The molecule has 1 heterocycles. The highest BCUT2D eigenvalue weighted by atomic mass is 79.9. The smallest absolute Gasteiger partial charge is 0.194 e. The van der Waals surface area contributed by atoms with Gasteiger partial charge in [-0.05, 0) is 31.6 Å². The van der Waals surface area contributed by atoms with Gasteiger partial charge >= 0.3 is 0 Å². The van der Waals surface area contributed by atoms with Crippen molar-refractivity contribution in [1.82, 2.24) is 10.3 Å². The predicted molar refractivity (Wildman–Crippen MR) is 76.5 cm³/mol. The fourth-order valence-corrected chi connectivity index (χ4v) is 2.14. The molecule has 0 saturated heterocycles. The van der Waals surface area contributed by atoms with E-state index in [2.05, 4.69) is 33.2 Å². The molecule has 1 N–H and O–H groups in total. The summed E-state index contributed by atoms with van der Waals surface area (Å²) >= 11 is 3.46. The van der Waals surface area contributed by atoms with Gasteiger partial charge in [0.1, 0.15) is 0 Å². The summed E-state index contributed by atoms with van der Waals surface area (Å²) in [4.78, 5) is 4.31. The van der Waals surface area contributed by atoms with E-state index in [1.807, 2.05) is 24.3 Å². The van der Waals surface area contributed by atoms with Crippen molar-refractivity contribution in [2.45, 2.75) is 19.8 Å². The van der Waals surface area contributed by atoms with E-state index >= 15 is 0 Å². The molecule has 0 radical (unpaired) electrons. The van der Waals surface area contributed by atoms with E-state index < -0.39 is 0 Å². The first-order chi connectivity index (χ1) is 8.79. The van der Waals surface area contributed by atoms with Crippen LogP contribution in [0.1, 0.15) is 19.2 Å². The standard InChI is InChI=1S/C14H17BrN2O/c1-2-16-8-4-7-14-17-10-13(18-14)11-5-3-6-12(15)9-11/h3,5-6,9-10,16H,2,4,7-8H2,1H3. The van der Waals surface area contributed by atoms with Gasteiger partial charge in [-0.3, -0.25) is 0 Å². The highest BCUT2D eigenvalue weighted by molar-refractivity contribution is 9.10. The SMILES string of the molecule is CCNCCCc1ncc(-c2cccc(Br)c2)o1. The monoisotopic (exact) mass is 308 g/mol. The molecule has 18 heavy (non-hydrogen) atoms. The Morgan fingerprint density at radius 1 is 1.39 bits per heavy atom. The predicted octanol–water partition coefficient (Wildman–Crippen LogP) is 3.65. The van der Waals surface area contributed by atoms with E-state index in [0.717, 1.165) is 47.6 Å². The Morgan fingerprint density at radius 3 is 3.06 bits per heavy atom. The molecule has 0 aliphatic heterocycles. The Balaban J connectivity index is 1.97. The number of hydrogen-bond acceptors (Lipinski definition) is 3. The van der Waals surface area contributed by atoms with Crippen molar-refractivity contribution in [3.05, 3.63) is 40.8 Å². The minimum absolute atomic E-state index is 0.808. The molecule has 2 aromatic rings. The van der Waals surface area contributed by atoms with Gasteiger partial charge in [-0.25, -0.2) is 4.98 Å². The Labute approximate surface area is 116 Å². The van der Waals surface area contributed by atoms with Crippen LogP contribution in [0, 0.1) is 0 Å². The molecule has 0 spiro atoms. The lowest BCUT2D eigenvalue weighted by molar-refractivity contribution is 0.493. The summed E-state index contributed by atoms with van der Waals surface area (Å²) < 4.78 is 6.79. The van der Waals surface area contributed by atoms with Gasteiger partial charge in [0.05, 0.1) is 6.20 Å². The van der Waals surface area contributed by atoms with Crippen LogP contribution in [-0.2, 0) is 6.42 Å². The number of rotatable bonds is 6. The molecule has 0 fully saturated rings. The number of benzene rings is 1. The number of aromatic nitrogens is 1. The van der Waals surface area contributed by atoms with Crippen LogP contribution in [0.2, 0.25) is 0 Å². The second-order valence-electron chi connectivity index (χ2n) is 4.09. The molecule has 0 atom stereocenters. The number of halogens is 1. The molecule has 0 bridgehead atoms. The zero-order chi connectivity index (χ0) is 12.8. The number of hydrogen-bond donors (Lipinski definition) is 1. The summed E-state index contributed by atoms with van der Waals surface area (Å²) in [6, 6.07) is 8.04. The largest absolute Gasteiger partial charge is 0.441 e. The van der Waals surface area contributed by atoms with Crippen molar-refractivity contribution in [3.8, 4) is 11.3 Å². The summed E-state index contributed by atoms with van der Waals surface area (Å²) in [5, 5.41) is 3.29. The zero-order valence-electron chi connectivity index (χ0n) is 10.4. The normalized spacial score (nSPS) is 10.8. The highest BCUT2D eigenvalue weighted by Gasteiger charge is 2.06. The Bertz CT molecular complexity index is 496. The summed E-state index contributed by atoms with van der Waals surface area (Å²) in [6.45, 7) is 4.12. The molecular formula is C14H17BrN2O. The van der Waals surface area contributed by atoms with Crippen molar-refractivity contribution in [2.24, 2.45) is 0 Å². The van der Waals surface area contributed by atoms with E-state index in [9.17, 15) is 0 Å². The molecule has 96 valence electrons. The highest BCUT2D eigenvalue weighted by Crippen LogP contribution is 2.23. The Kier molecular flexibility index (Phi) is 4.96. The zero-order valence-corrected chi connectivity index (χ0v) is 12.0. The van der Waals surface area contributed by atoms with Crippen LogP contribution in [0.5, 0.6) is 0 Å². The third-order valence-corrected chi connectivity index (χ3v) is 3.15. The van der Waals surface area contributed by atoms with Gasteiger partial charge in [0.2, 0.25) is 0 Å². The van der Waals surface area contributed by atoms with Crippen molar-refractivity contribution < 1.29 is 4.42 Å². The average Bonchev–Trinajstić information content (AvgIpc) is 2.83. The maximum absolute atomic E-state index is 5.75.